The van der Waals surface area contributed by atoms with Gasteiger partial charge in [-0.25, -0.2) is 0 Å². The maximum absolute atomic E-state index is 12.2. The highest BCUT2D eigenvalue weighted by Crippen LogP contribution is 2.36. The molecule has 0 bridgehead atoms. The van der Waals surface area contributed by atoms with Gasteiger partial charge >= 0.3 is 0 Å². The van der Waals surface area contributed by atoms with Crippen LogP contribution in [0.25, 0.3) is 0 Å². The van der Waals surface area contributed by atoms with Crippen LogP contribution in [0.1, 0.15) is 42.8 Å². The number of hydrogen-bond donors (Lipinski definition) is 0. The van der Waals surface area contributed by atoms with Crippen LogP contribution in [0, 0.1) is 17.8 Å². The lowest BCUT2D eigenvalue weighted by Crippen LogP contribution is -2.26. The first-order valence-electron chi connectivity index (χ1n) is 5.87. The van der Waals surface area contributed by atoms with E-state index in [9.17, 15) is 4.79 Å². The first-order valence-corrected chi connectivity index (χ1v) is 7.07. The van der Waals surface area contributed by atoms with Crippen LogP contribution in [0.5, 0.6) is 0 Å². The van der Waals surface area contributed by atoms with Crippen molar-refractivity contribution < 1.29 is 4.79 Å². The van der Waals surface area contributed by atoms with E-state index in [0.717, 1.165) is 23.6 Å². The highest BCUT2D eigenvalue weighted by atomic mass is 35.5. The summed E-state index contributed by atoms with van der Waals surface area (Å²) in [6.45, 7) is 4.54. The molecule has 3 unspecified atom stereocenters. The van der Waals surface area contributed by atoms with E-state index in [-0.39, 0.29) is 5.92 Å². The number of hydrogen-bond acceptors (Lipinski definition) is 2. The molecule has 0 aromatic carbocycles. The zero-order valence-electron chi connectivity index (χ0n) is 9.70. The Labute approximate surface area is 106 Å². The van der Waals surface area contributed by atoms with Gasteiger partial charge in [0, 0.05) is 5.92 Å². The van der Waals surface area contributed by atoms with E-state index >= 15 is 0 Å². The van der Waals surface area contributed by atoms with Gasteiger partial charge < -0.3 is 0 Å². The molecule has 1 saturated carbocycles. The third-order valence-corrected chi connectivity index (χ3v) is 5.03. The summed E-state index contributed by atoms with van der Waals surface area (Å²) in [5, 5.41) is 0. The summed E-state index contributed by atoms with van der Waals surface area (Å²) in [6, 6.07) is 3.67. The average Bonchev–Trinajstić information content (AvgIpc) is 2.68. The Balaban J connectivity index is 2.06. The fourth-order valence-electron chi connectivity index (χ4n) is 2.43. The van der Waals surface area contributed by atoms with Crippen molar-refractivity contribution in [3.63, 3.8) is 0 Å². The second kappa shape index (κ2) is 4.89. The normalized spacial score (nSPS) is 30.3. The third kappa shape index (κ3) is 2.49. The fourth-order valence-corrected chi connectivity index (χ4v) is 3.50. The summed E-state index contributed by atoms with van der Waals surface area (Å²) in [4.78, 5) is 13.0. The predicted octanol–water partition coefficient (Wildman–Crippen LogP) is 4.66. The molecule has 0 amide bonds. The highest BCUT2D eigenvalue weighted by Gasteiger charge is 2.30. The fraction of sp³-hybridized carbons (Fsp3) is 0.615. The van der Waals surface area contributed by atoms with Gasteiger partial charge in [-0.05, 0) is 43.2 Å². The van der Waals surface area contributed by atoms with Crippen LogP contribution >= 0.6 is 22.9 Å². The van der Waals surface area contributed by atoms with E-state index in [4.69, 9.17) is 11.6 Å². The number of rotatable bonds is 2. The number of Topliss-reactive ketones (excluding diaryl/α,β-unsaturated/α-hetero) is 1. The number of carbonyl (C=O) groups excluding carboxylic acids is 1. The molecule has 0 radical (unpaired) electrons. The third-order valence-electron chi connectivity index (χ3n) is 3.79. The Hall–Kier alpha value is -0.340. The van der Waals surface area contributed by atoms with Crippen molar-refractivity contribution in [2.45, 2.75) is 33.1 Å². The largest absolute Gasteiger partial charge is 0.293 e. The van der Waals surface area contributed by atoms with Crippen LogP contribution in [-0.4, -0.2) is 5.78 Å². The van der Waals surface area contributed by atoms with E-state index in [1.54, 1.807) is 0 Å². The van der Waals surface area contributed by atoms with Crippen LogP contribution in [-0.2, 0) is 0 Å². The smallest absolute Gasteiger partial charge is 0.175 e. The number of carbonyl (C=O) groups is 1. The van der Waals surface area contributed by atoms with Gasteiger partial charge in [-0.15, -0.1) is 11.3 Å². The zero-order chi connectivity index (χ0) is 11.7. The molecule has 1 aromatic rings. The van der Waals surface area contributed by atoms with Gasteiger partial charge in [-0.2, -0.15) is 0 Å². The van der Waals surface area contributed by atoms with Gasteiger partial charge in [0.05, 0.1) is 9.21 Å². The van der Waals surface area contributed by atoms with Crippen molar-refractivity contribution in [1.82, 2.24) is 0 Å². The summed E-state index contributed by atoms with van der Waals surface area (Å²) in [5.41, 5.74) is 0. The monoisotopic (exact) mass is 256 g/mol. The van der Waals surface area contributed by atoms with Gasteiger partial charge in [0.25, 0.3) is 0 Å². The molecular weight excluding hydrogens is 240 g/mol. The molecule has 16 heavy (non-hydrogen) atoms. The lowest BCUT2D eigenvalue weighted by atomic mass is 9.74. The average molecular weight is 257 g/mol. The highest BCUT2D eigenvalue weighted by molar-refractivity contribution is 7.18. The molecule has 2 rings (SSSR count). The Bertz CT molecular complexity index is 385. The van der Waals surface area contributed by atoms with E-state index in [1.165, 1.54) is 17.8 Å². The summed E-state index contributed by atoms with van der Waals surface area (Å²) in [5.74, 6) is 1.95. The molecule has 3 heteroatoms. The topological polar surface area (TPSA) is 17.1 Å². The lowest BCUT2D eigenvalue weighted by molar-refractivity contribution is 0.0842. The summed E-state index contributed by atoms with van der Waals surface area (Å²) >= 11 is 7.27. The van der Waals surface area contributed by atoms with Gasteiger partial charge in [0.15, 0.2) is 5.78 Å². The summed E-state index contributed by atoms with van der Waals surface area (Å²) in [6.07, 6.45) is 3.26. The van der Waals surface area contributed by atoms with Gasteiger partial charge in [-0.3, -0.25) is 4.79 Å². The lowest BCUT2D eigenvalue weighted by Gasteiger charge is -2.30. The van der Waals surface area contributed by atoms with Crippen molar-refractivity contribution in [3.05, 3.63) is 21.3 Å². The second-order valence-electron chi connectivity index (χ2n) is 4.93. The molecule has 0 N–H and O–H groups in total. The van der Waals surface area contributed by atoms with Crippen LogP contribution < -0.4 is 0 Å². The molecule has 1 heterocycles. The van der Waals surface area contributed by atoms with Gasteiger partial charge in [0.2, 0.25) is 0 Å². The number of thiophene rings is 1. The maximum atomic E-state index is 12.2. The molecule has 1 aliphatic carbocycles. The maximum Gasteiger partial charge on any atom is 0.175 e. The van der Waals surface area contributed by atoms with Gasteiger partial charge in [-0.1, -0.05) is 25.4 Å². The van der Waals surface area contributed by atoms with Crippen LogP contribution in [0.4, 0.5) is 0 Å². The SMILES string of the molecule is CC1CCC(C(=O)c2ccc(Cl)s2)CC1C. The molecule has 1 nitrogen and oxygen atoms in total. The van der Waals surface area contributed by atoms with Gasteiger partial charge in [0.1, 0.15) is 0 Å². The van der Waals surface area contributed by atoms with Crippen LogP contribution in [0.3, 0.4) is 0 Å². The molecule has 0 saturated heterocycles. The standard InChI is InChI=1S/C13H17ClOS/c1-8-3-4-10(7-9(8)2)13(15)11-5-6-12(14)16-11/h5-6,8-10H,3-4,7H2,1-2H3. The summed E-state index contributed by atoms with van der Waals surface area (Å²) in [7, 11) is 0. The molecule has 88 valence electrons. The van der Waals surface area contributed by atoms with Crippen molar-refractivity contribution in [2.75, 3.05) is 0 Å². The van der Waals surface area contributed by atoms with Crippen LogP contribution in [0.2, 0.25) is 4.34 Å². The molecule has 0 aliphatic heterocycles. The Morgan fingerprint density at radius 2 is 2.06 bits per heavy atom. The zero-order valence-corrected chi connectivity index (χ0v) is 11.3. The molecular formula is C13H17ClOS. The minimum absolute atomic E-state index is 0.223. The summed E-state index contributed by atoms with van der Waals surface area (Å²) < 4.78 is 0.709. The minimum atomic E-state index is 0.223. The molecule has 1 aliphatic rings. The van der Waals surface area contributed by atoms with E-state index in [2.05, 4.69) is 13.8 Å². The first-order chi connectivity index (χ1) is 7.58. The van der Waals surface area contributed by atoms with Crippen molar-refractivity contribution in [2.24, 2.45) is 17.8 Å². The quantitative estimate of drug-likeness (QED) is 0.704. The predicted molar refractivity (Wildman–Crippen MR) is 69.3 cm³/mol. The van der Waals surface area contributed by atoms with E-state index < -0.39 is 0 Å². The molecule has 1 fully saturated rings. The van der Waals surface area contributed by atoms with Crippen molar-refractivity contribution >= 4 is 28.7 Å². The second-order valence-corrected chi connectivity index (χ2v) is 6.65. The Kier molecular flexibility index (Phi) is 3.70. The number of ketones is 1. The number of halogens is 1. The minimum Gasteiger partial charge on any atom is -0.293 e. The Morgan fingerprint density at radius 1 is 1.31 bits per heavy atom. The Morgan fingerprint density at radius 3 is 2.62 bits per heavy atom. The van der Waals surface area contributed by atoms with E-state index in [0.29, 0.717) is 16.0 Å². The first kappa shape index (κ1) is 12.1. The molecule has 1 aromatic heterocycles. The van der Waals surface area contributed by atoms with E-state index in [1.807, 2.05) is 12.1 Å². The van der Waals surface area contributed by atoms with Crippen molar-refractivity contribution in [1.29, 1.82) is 0 Å². The van der Waals surface area contributed by atoms with Crippen molar-refractivity contribution in [3.8, 4) is 0 Å². The molecule has 0 spiro atoms. The molecule has 3 atom stereocenters. The van der Waals surface area contributed by atoms with Crippen LogP contribution in [0.15, 0.2) is 12.1 Å².